The molecule has 0 heterocycles. The third-order valence-corrected chi connectivity index (χ3v) is 4.26. The smallest absolute Gasteiger partial charge is 0.255 e. The van der Waals surface area contributed by atoms with E-state index in [9.17, 15) is 13.2 Å². The van der Waals surface area contributed by atoms with Crippen LogP contribution in [0.2, 0.25) is 5.02 Å². The summed E-state index contributed by atoms with van der Waals surface area (Å²) in [4.78, 5) is 12.2. The predicted molar refractivity (Wildman–Crippen MR) is 83.4 cm³/mol. The molecule has 0 spiro atoms. The van der Waals surface area contributed by atoms with E-state index >= 15 is 0 Å². The summed E-state index contributed by atoms with van der Waals surface area (Å²) < 4.78 is 22.7. The van der Waals surface area contributed by atoms with E-state index in [0.29, 0.717) is 22.0 Å². The van der Waals surface area contributed by atoms with Gasteiger partial charge in [-0.3, -0.25) is 4.79 Å². The first kappa shape index (κ1) is 15.3. The largest absolute Gasteiger partial charge is 0.398 e. The average molecular weight is 325 g/mol. The van der Waals surface area contributed by atoms with E-state index in [1.54, 1.807) is 18.2 Å². The van der Waals surface area contributed by atoms with Crippen molar-refractivity contribution in [3.8, 4) is 0 Å². The number of nitrogen functional groups attached to an aromatic ring is 1. The van der Waals surface area contributed by atoms with Crippen LogP contribution in [-0.4, -0.2) is 20.6 Å². The van der Waals surface area contributed by atoms with Crippen molar-refractivity contribution in [2.45, 2.75) is 4.90 Å². The molecule has 0 saturated heterocycles. The fraction of sp³-hybridized carbons (Fsp3) is 0.0714. The number of carbonyl (C=O) groups excluding carboxylic acids is 1. The van der Waals surface area contributed by atoms with Crippen molar-refractivity contribution >= 4 is 38.7 Å². The van der Waals surface area contributed by atoms with Crippen LogP contribution in [0.15, 0.2) is 47.4 Å². The summed E-state index contributed by atoms with van der Waals surface area (Å²) in [5, 5.41) is 3.00. The molecule has 2 rings (SSSR count). The number of sulfone groups is 1. The van der Waals surface area contributed by atoms with Crippen LogP contribution in [0.5, 0.6) is 0 Å². The minimum atomic E-state index is -3.28. The molecule has 0 unspecified atom stereocenters. The SMILES string of the molecule is CS(=O)(=O)c1ccc(C(=O)Nc2ccc(N)c(Cl)c2)cc1. The Labute approximate surface area is 127 Å². The van der Waals surface area contributed by atoms with E-state index in [4.69, 9.17) is 17.3 Å². The number of amides is 1. The van der Waals surface area contributed by atoms with Crippen LogP contribution in [-0.2, 0) is 9.84 Å². The summed E-state index contributed by atoms with van der Waals surface area (Å²) in [5.41, 5.74) is 6.86. The number of hydrogen-bond acceptors (Lipinski definition) is 4. The molecule has 0 radical (unpaired) electrons. The van der Waals surface area contributed by atoms with E-state index in [-0.39, 0.29) is 10.8 Å². The van der Waals surface area contributed by atoms with Gasteiger partial charge in [-0.15, -0.1) is 0 Å². The molecule has 110 valence electrons. The van der Waals surface area contributed by atoms with Gasteiger partial charge in [-0.25, -0.2) is 8.42 Å². The monoisotopic (exact) mass is 324 g/mol. The molecule has 0 saturated carbocycles. The molecule has 0 aliphatic rings. The van der Waals surface area contributed by atoms with Crippen LogP contribution in [0.1, 0.15) is 10.4 Å². The van der Waals surface area contributed by atoms with Crippen molar-refractivity contribution < 1.29 is 13.2 Å². The van der Waals surface area contributed by atoms with Crippen LogP contribution in [0.25, 0.3) is 0 Å². The van der Waals surface area contributed by atoms with Crippen molar-refractivity contribution in [2.24, 2.45) is 0 Å². The van der Waals surface area contributed by atoms with Crippen LogP contribution in [0.3, 0.4) is 0 Å². The molecule has 5 nitrogen and oxygen atoms in total. The van der Waals surface area contributed by atoms with Crippen molar-refractivity contribution in [3.63, 3.8) is 0 Å². The molecule has 21 heavy (non-hydrogen) atoms. The summed E-state index contributed by atoms with van der Waals surface area (Å²) in [6, 6.07) is 10.4. The topological polar surface area (TPSA) is 89.3 Å². The lowest BCUT2D eigenvalue weighted by molar-refractivity contribution is 0.102. The minimum absolute atomic E-state index is 0.162. The fourth-order valence-corrected chi connectivity index (χ4v) is 2.47. The van der Waals surface area contributed by atoms with Crippen molar-refractivity contribution in [2.75, 3.05) is 17.3 Å². The van der Waals surface area contributed by atoms with Gasteiger partial charge in [0.15, 0.2) is 9.84 Å². The van der Waals surface area contributed by atoms with Crippen molar-refractivity contribution in [3.05, 3.63) is 53.1 Å². The molecule has 3 N–H and O–H groups in total. The normalized spacial score (nSPS) is 11.1. The number of anilines is 2. The van der Waals surface area contributed by atoms with Gasteiger partial charge in [0.1, 0.15) is 0 Å². The number of carbonyl (C=O) groups is 1. The third kappa shape index (κ3) is 3.74. The zero-order valence-electron chi connectivity index (χ0n) is 11.1. The summed E-state index contributed by atoms with van der Waals surface area (Å²) >= 11 is 5.87. The second-order valence-corrected chi connectivity index (χ2v) is 6.91. The first-order valence-corrected chi connectivity index (χ1v) is 8.21. The van der Waals surface area contributed by atoms with Crippen molar-refractivity contribution in [1.29, 1.82) is 0 Å². The molecule has 0 bridgehead atoms. The second-order valence-electron chi connectivity index (χ2n) is 4.49. The fourth-order valence-electron chi connectivity index (χ4n) is 1.66. The number of hydrogen-bond donors (Lipinski definition) is 2. The van der Waals surface area contributed by atoms with E-state index in [0.717, 1.165) is 6.26 Å². The van der Waals surface area contributed by atoms with Gasteiger partial charge in [0, 0.05) is 17.5 Å². The Kier molecular flexibility index (Phi) is 4.20. The maximum absolute atomic E-state index is 12.0. The molecule has 1 amide bonds. The molecule has 0 aliphatic carbocycles. The summed E-state index contributed by atoms with van der Waals surface area (Å²) in [7, 11) is -3.28. The van der Waals surface area contributed by atoms with Gasteiger partial charge in [-0.1, -0.05) is 11.6 Å². The molecule has 0 aliphatic heterocycles. The molecular weight excluding hydrogens is 312 g/mol. The van der Waals surface area contributed by atoms with Gasteiger partial charge in [0.05, 0.1) is 15.6 Å². The highest BCUT2D eigenvalue weighted by Crippen LogP contribution is 2.23. The first-order valence-electron chi connectivity index (χ1n) is 5.94. The van der Waals surface area contributed by atoms with Crippen LogP contribution >= 0.6 is 11.6 Å². The first-order chi connectivity index (χ1) is 9.77. The summed E-state index contributed by atoms with van der Waals surface area (Å²) in [5.74, 6) is -0.365. The number of rotatable bonds is 3. The molecule has 0 fully saturated rings. The predicted octanol–water partition coefficient (Wildman–Crippen LogP) is 2.58. The number of halogens is 1. The third-order valence-electron chi connectivity index (χ3n) is 2.80. The van der Waals surface area contributed by atoms with Crippen LogP contribution in [0.4, 0.5) is 11.4 Å². The second kappa shape index (κ2) is 5.75. The highest BCUT2D eigenvalue weighted by Gasteiger charge is 2.10. The maximum atomic E-state index is 12.0. The number of nitrogens with one attached hydrogen (secondary N) is 1. The van der Waals surface area contributed by atoms with E-state index in [1.165, 1.54) is 24.3 Å². The highest BCUT2D eigenvalue weighted by atomic mass is 35.5. The zero-order valence-corrected chi connectivity index (χ0v) is 12.7. The molecule has 2 aromatic rings. The highest BCUT2D eigenvalue weighted by molar-refractivity contribution is 7.90. The van der Waals surface area contributed by atoms with Gasteiger partial charge in [-0.05, 0) is 42.5 Å². The Morgan fingerprint density at radius 3 is 2.29 bits per heavy atom. The molecular formula is C14H13ClN2O3S. The van der Waals surface area contributed by atoms with E-state index in [1.807, 2.05) is 0 Å². The summed E-state index contributed by atoms with van der Waals surface area (Å²) in [6.07, 6.45) is 1.11. The Hall–Kier alpha value is -2.05. The van der Waals surface area contributed by atoms with Gasteiger partial charge >= 0.3 is 0 Å². The van der Waals surface area contributed by atoms with Crippen molar-refractivity contribution in [1.82, 2.24) is 0 Å². The molecule has 0 aromatic heterocycles. The molecule has 0 atom stereocenters. The Morgan fingerprint density at radius 2 is 1.76 bits per heavy atom. The Morgan fingerprint density at radius 1 is 1.14 bits per heavy atom. The quantitative estimate of drug-likeness (QED) is 0.849. The van der Waals surface area contributed by atoms with E-state index in [2.05, 4.69) is 5.32 Å². The summed E-state index contributed by atoms with van der Waals surface area (Å²) in [6.45, 7) is 0. The standard InChI is InChI=1S/C14H13ClN2O3S/c1-21(19,20)11-5-2-9(3-6-11)14(18)17-10-4-7-13(16)12(15)8-10/h2-8H,16H2,1H3,(H,17,18). The molecule has 2 aromatic carbocycles. The van der Waals surface area contributed by atoms with Crippen LogP contribution in [0, 0.1) is 0 Å². The van der Waals surface area contributed by atoms with Gasteiger partial charge in [0.2, 0.25) is 0 Å². The van der Waals surface area contributed by atoms with Gasteiger partial charge in [-0.2, -0.15) is 0 Å². The lowest BCUT2D eigenvalue weighted by Crippen LogP contribution is -2.12. The Bertz CT molecular complexity index is 786. The lowest BCUT2D eigenvalue weighted by Gasteiger charge is -2.07. The number of nitrogens with two attached hydrogens (primary N) is 1. The minimum Gasteiger partial charge on any atom is -0.398 e. The van der Waals surface area contributed by atoms with E-state index < -0.39 is 9.84 Å². The number of benzene rings is 2. The lowest BCUT2D eigenvalue weighted by atomic mass is 10.2. The maximum Gasteiger partial charge on any atom is 0.255 e. The molecule has 7 heteroatoms. The zero-order chi connectivity index (χ0) is 15.6. The van der Waals surface area contributed by atoms with Gasteiger partial charge < -0.3 is 11.1 Å². The average Bonchev–Trinajstić information content (AvgIpc) is 2.42. The van der Waals surface area contributed by atoms with Crippen LogP contribution < -0.4 is 11.1 Å². The van der Waals surface area contributed by atoms with Gasteiger partial charge in [0.25, 0.3) is 5.91 Å². The Balaban J connectivity index is 2.18.